The van der Waals surface area contributed by atoms with Gasteiger partial charge in [0.15, 0.2) is 0 Å². The van der Waals surface area contributed by atoms with Crippen LogP contribution in [0.25, 0.3) is 0 Å². The second-order valence-corrected chi connectivity index (χ2v) is 5.24. The first kappa shape index (κ1) is 21.8. The summed E-state index contributed by atoms with van der Waals surface area (Å²) in [6, 6.07) is 5.96. The van der Waals surface area contributed by atoms with Crippen LogP contribution < -0.4 is 10.1 Å². The molecular formula is C15H25Cl3N2O2. The fourth-order valence-corrected chi connectivity index (χ4v) is 2.48. The van der Waals surface area contributed by atoms with Gasteiger partial charge in [-0.2, -0.15) is 0 Å². The molecule has 22 heavy (non-hydrogen) atoms. The van der Waals surface area contributed by atoms with Gasteiger partial charge in [0.25, 0.3) is 0 Å². The molecule has 1 N–H and O–H groups in total. The summed E-state index contributed by atoms with van der Waals surface area (Å²) in [4.78, 5) is 2.42. The van der Waals surface area contributed by atoms with E-state index in [-0.39, 0.29) is 24.8 Å². The minimum absolute atomic E-state index is 0. The Labute approximate surface area is 150 Å². The molecule has 1 saturated heterocycles. The largest absolute Gasteiger partial charge is 0.492 e. The molecule has 1 aliphatic heterocycles. The van der Waals surface area contributed by atoms with E-state index < -0.39 is 0 Å². The maximum Gasteiger partial charge on any atom is 0.137 e. The van der Waals surface area contributed by atoms with Gasteiger partial charge in [0.2, 0.25) is 0 Å². The second kappa shape index (κ2) is 12.2. The summed E-state index contributed by atoms with van der Waals surface area (Å²) in [5, 5.41) is 4.13. The first-order valence-corrected chi connectivity index (χ1v) is 7.59. The number of benzene rings is 1. The SMILES string of the molecule is CCOc1ccc(CNCCN2CCOCC2)cc1Cl.Cl.Cl. The Morgan fingerprint density at radius 2 is 2.00 bits per heavy atom. The van der Waals surface area contributed by atoms with Crippen LogP contribution in [0.4, 0.5) is 0 Å². The van der Waals surface area contributed by atoms with E-state index in [1.807, 2.05) is 19.1 Å². The maximum atomic E-state index is 6.17. The minimum atomic E-state index is 0. The van der Waals surface area contributed by atoms with Gasteiger partial charge >= 0.3 is 0 Å². The lowest BCUT2D eigenvalue weighted by Crippen LogP contribution is -2.40. The molecule has 1 fully saturated rings. The van der Waals surface area contributed by atoms with Crippen molar-refractivity contribution >= 4 is 36.4 Å². The molecule has 0 spiro atoms. The van der Waals surface area contributed by atoms with Crippen molar-refractivity contribution in [3.05, 3.63) is 28.8 Å². The van der Waals surface area contributed by atoms with Crippen LogP contribution in [0.15, 0.2) is 18.2 Å². The second-order valence-electron chi connectivity index (χ2n) is 4.83. The number of rotatable bonds is 7. The molecule has 0 amide bonds. The van der Waals surface area contributed by atoms with E-state index in [1.54, 1.807) is 0 Å². The van der Waals surface area contributed by atoms with Gasteiger partial charge in [0.1, 0.15) is 5.75 Å². The van der Waals surface area contributed by atoms with E-state index in [4.69, 9.17) is 21.1 Å². The molecule has 4 nitrogen and oxygen atoms in total. The molecule has 0 aromatic heterocycles. The van der Waals surface area contributed by atoms with Crippen molar-refractivity contribution in [1.82, 2.24) is 10.2 Å². The number of morpholine rings is 1. The van der Waals surface area contributed by atoms with E-state index in [9.17, 15) is 0 Å². The number of halogens is 3. The van der Waals surface area contributed by atoms with Gasteiger partial charge in [0.05, 0.1) is 24.8 Å². The highest BCUT2D eigenvalue weighted by atomic mass is 35.5. The Hall–Kier alpha value is -0.230. The Balaban J connectivity index is 0.00000220. The zero-order chi connectivity index (χ0) is 14.2. The van der Waals surface area contributed by atoms with Gasteiger partial charge in [-0.05, 0) is 24.6 Å². The summed E-state index contributed by atoms with van der Waals surface area (Å²) in [7, 11) is 0. The predicted molar refractivity (Wildman–Crippen MR) is 96.1 cm³/mol. The number of hydrogen-bond donors (Lipinski definition) is 1. The standard InChI is InChI=1S/C15H23ClN2O2.2ClH/c1-2-20-15-4-3-13(11-14(15)16)12-17-5-6-18-7-9-19-10-8-18;;/h3-4,11,17H,2,5-10,12H2,1H3;2*1H. The smallest absolute Gasteiger partial charge is 0.137 e. The predicted octanol–water partition coefficient (Wildman–Crippen LogP) is 3.00. The van der Waals surface area contributed by atoms with E-state index in [1.165, 1.54) is 5.56 Å². The number of hydrogen-bond acceptors (Lipinski definition) is 4. The van der Waals surface area contributed by atoms with Crippen molar-refractivity contribution in [3.8, 4) is 5.75 Å². The Morgan fingerprint density at radius 1 is 1.27 bits per heavy atom. The average Bonchev–Trinajstić information content (AvgIpc) is 2.48. The molecule has 0 atom stereocenters. The molecule has 7 heteroatoms. The number of ether oxygens (including phenoxy) is 2. The van der Waals surface area contributed by atoms with Crippen molar-refractivity contribution in [3.63, 3.8) is 0 Å². The summed E-state index contributed by atoms with van der Waals surface area (Å²) in [6.07, 6.45) is 0. The van der Waals surface area contributed by atoms with E-state index in [0.29, 0.717) is 11.6 Å². The first-order chi connectivity index (χ1) is 9.79. The maximum absolute atomic E-state index is 6.17. The summed E-state index contributed by atoms with van der Waals surface area (Å²) in [5.41, 5.74) is 1.18. The molecule has 1 aromatic carbocycles. The molecule has 0 aliphatic carbocycles. The Bertz CT molecular complexity index is 416. The highest BCUT2D eigenvalue weighted by Gasteiger charge is 2.09. The summed E-state index contributed by atoms with van der Waals surface area (Å²) >= 11 is 6.17. The lowest BCUT2D eigenvalue weighted by Gasteiger charge is -2.26. The van der Waals surface area contributed by atoms with Gasteiger partial charge < -0.3 is 14.8 Å². The number of nitrogens with one attached hydrogen (secondary N) is 1. The third-order valence-electron chi connectivity index (χ3n) is 3.33. The lowest BCUT2D eigenvalue weighted by molar-refractivity contribution is 0.0384. The summed E-state index contributed by atoms with van der Waals surface area (Å²) < 4.78 is 10.8. The molecule has 0 radical (unpaired) electrons. The van der Waals surface area contributed by atoms with Crippen molar-refractivity contribution < 1.29 is 9.47 Å². The lowest BCUT2D eigenvalue weighted by atomic mass is 10.2. The molecule has 1 aromatic rings. The summed E-state index contributed by atoms with van der Waals surface area (Å²) in [6.45, 7) is 9.25. The van der Waals surface area contributed by atoms with Crippen LogP contribution in [0.2, 0.25) is 5.02 Å². The molecule has 2 rings (SSSR count). The molecule has 128 valence electrons. The van der Waals surface area contributed by atoms with Crippen LogP contribution in [0.3, 0.4) is 0 Å². The Kier molecular flexibility index (Phi) is 12.1. The van der Waals surface area contributed by atoms with Crippen LogP contribution >= 0.6 is 36.4 Å². The van der Waals surface area contributed by atoms with E-state index in [0.717, 1.165) is 51.7 Å². The van der Waals surface area contributed by atoms with Gasteiger partial charge in [-0.15, -0.1) is 24.8 Å². The van der Waals surface area contributed by atoms with Crippen LogP contribution in [-0.2, 0) is 11.3 Å². The highest BCUT2D eigenvalue weighted by Crippen LogP contribution is 2.25. The normalized spacial score (nSPS) is 14.8. The molecule has 0 unspecified atom stereocenters. The highest BCUT2D eigenvalue weighted by molar-refractivity contribution is 6.32. The van der Waals surface area contributed by atoms with Crippen molar-refractivity contribution in [1.29, 1.82) is 0 Å². The van der Waals surface area contributed by atoms with E-state index in [2.05, 4.69) is 16.3 Å². The fourth-order valence-electron chi connectivity index (χ4n) is 2.22. The third-order valence-corrected chi connectivity index (χ3v) is 3.63. The van der Waals surface area contributed by atoms with Crippen LogP contribution in [0, 0.1) is 0 Å². The zero-order valence-corrected chi connectivity index (χ0v) is 15.2. The fraction of sp³-hybridized carbons (Fsp3) is 0.600. The van der Waals surface area contributed by atoms with Crippen molar-refractivity contribution in [2.24, 2.45) is 0 Å². The summed E-state index contributed by atoms with van der Waals surface area (Å²) in [5.74, 6) is 0.756. The van der Waals surface area contributed by atoms with Gasteiger partial charge in [-0.3, -0.25) is 4.90 Å². The van der Waals surface area contributed by atoms with Gasteiger partial charge in [0, 0.05) is 32.7 Å². The monoisotopic (exact) mass is 370 g/mol. The van der Waals surface area contributed by atoms with Gasteiger partial charge in [-0.25, -0.2) is 0 Å². The quantitative estimate of drug-likeness (QED) is 0.747. The number of nitrogens with zero attached hydrogens (tertiary/aromatic N) is 1. The molecular weight excluding hydrogens is 347 g/mol. The van der Waals surface area contributed by atoms with Crippen LogP contribution in [0.1, 0.15) is 12.5 Å². The Morgan fingerprint density at radius 3 is 2.64 bits per heavy atom. The zero-order valence-electron chi connectivity index (χ0n) is 12.8. The molecule has 1 aliphatic rings. The molecule has 1 heterocycles. The average molecular weight is 372 g/mol. The minimum Gasteiger partial charge on any atom is -0.492 e. The first-order valence-electron chi connectivity index (χ1n) is 7.21. The van der Waals surface area contributed by atoms with E-state index >= 15 is 0 Å². The van der Waals surface area contributed by atoms with Crippen molar-refractivity contribution in [2.75, 3.05) is 46.0 Å². The molecule has 0 saturated carbocycles. The third kappa shape index (κ3) is 7.36. The van der Waals surface area contributed by atoms with Crippen molar-refractivity contribution in [2.45, 2.75) is 13.5 Å². The van der Waals surface area contributed by atoms with Crippen LogP contribution in [0.5, 0.6) is 5.75 Å². The molecule has 0 bridgehead atoms. The van der Waals surface area contributed by atoms with Crippen LogP contribution in [-0.4, -0.2) is 50.9 Å². The topological polar surface area (TPSA) is 33.7 Å². The van der Waals surface area contributed by atoms with Gasteiger partial charge in [-0.1, -0.05) is 17.7 Å².